The highest BCUT2D eigenvalue weighted by atomic mass is 35.5. The molecule has 0 aliphatic carbocycles. The molecule has 0 fully saturated rings. The number of carbonyl (C=O) groups is 1. The Balaban J connectivity index is 2.40. The van der Waals surface area contributed by atoms with Crippen molar-refractivity contribution >= 4 is 34.7 Å². The van der Waals surface area contributed by atoms with Crippen LogP contribution in [0.3, 0.4) is 0 Å². The maximum atomic E-state index is 11.0. The van der Waals surface area contributed by atoms with Crippen molar-refractivity contribution in [3.63, 3.8) is 0 Å². The van der Waals surface area contributed by atoms with E-state index >= 15 is 0 Å². The molecule has 0 unspecified atom stereocenters. The molecular formula is C8H8Cl2N2O. The Labute approximate surface area is 86.1 Å². The number of hydrogen-bond acceptors (Lipinski definition) is 3. The molecule has 13 heavy (non-hydrogen) atoms. The van der Waals surface area contributed by atoms with Gasteiger partial charge in [0.2, 0.25) is 0 Å². The normalized spacial score (nSPS) is 10.1. The molecule has 1 N–H and O–H groups in total. The average molecular weight is 219 g/mol. The standard InChI is InChI=1S/C8H8Cl2N2O/c9-8(10)7(13)5-12-6-1-3-11-4-2-6/h1-4,8H,5H2,(H,11,12). The van der Waals surface area contributed by atoms with E-state index < -0.39 is 4.84 Å². The number of carbonyl (C=O) groups excluding carboxylic acids is 1. The Kier molecular flexibility index (Phi) is 3.99. The number of pyridine rings is 1. The molecule has 5 heteroatoms. The molecule has 0 aliphatic rings. The van der Waals surface area contributed by atoms with Crippen molar-refractivity contribution in [3.05, 3.63) is 24.5 Å². The molecule has 0 saturated carbocycles. The predicted octanol–water partition coefficient (Wildman–Crippen LogP) is 1.87. The van der Waals surface area contributed by atoms with Crippen LogP contribution in [-0.2, 0) is 4.79 Å². The van der Waals surface area contributed by atoms with Gasteiger partial charge >= 0.3 is 0 Å². The Morgan fingerprint density at radius 1 is 1.46 bits per heavy atom. The number of nitrogens with zero attached hydrogens (tertiary/aromatic N) is 1. The van der Waals surface area contributed by atoms with Gasteiger partial charge in [-0.3, -0.25) is 9.78 Å². The number of aromatic nitrogens is 1. The summed E-state index contributed by atoms with van der Waals surface area (Å²) in [5, 5.41) is 2.87. The van der Waals surface area contributed by atoms with E-state index in [0.717, 1.165) is 5.69 Å². The van der Waals surface area contributed by atoms with Crippen LogP contribution >= 0.6 is 23.2 Å². The van der Waals surface area contributed by atoms with Crippen molar-refractivity contribution in [1.82, 2.24) is 4.98 Å². The molecule has 1 rings (SSSR count). The number of Topliss-reactive ketones (excluding diaryl/α,β-unsaturated/α-hetero) is 1. The first-order valence-electron chi connectivity index (χ1n) is 3.65. The number of ketones is 1. The number of alkyl halides is 2. The second-order valence-electron chi connectivity index (χ2n) is 2.36. The van der Waals surface area contributed by atoms with Crippen LogP contribution in [0.2, 0.25) is 0 Å². The minimum absolute atomic E-state index is 0.127. The van der Waals surface area contributed by atoms with Crippen LogP contribution in [0.5, 0.6) is 0 Å². The van der Waals surface area contributed by atoms with Gasteiger partial charge in [-0.15, -0.1) is 0 Å². The van der Waals surface area contributed by atoms with Crippen LogP contribution in [0.1, 0.15) is 0 Å². The van der Waals surface area contributed by atoms with Gasteiger partial charge in [0.1, 0.15) is 0 Å². The largest absolute Gasteiger partial charge is 0.378 e. The molecule has 1 heterocycles. The van der Waals surface area contributed by atoms with Gasteiger partial charge in [0.15, 0.2) is 10.6 Å². The van der Waals surface area contributed by atoms with Gasteiger partial charge in [0.05, 0.1) is 6.54 Å². The van der Waals surface area contributed by atoms with Crippen molar-refractivity contribution in [2.24, 2.45) is 0 Å². The Hall–Kier alpha value is -0.800. The predicted molar refractivity (Wildman–Crippen MR) is 53.2 cm³/mol. The van der Waals surface area contributed by atoms with E-state index in [1.807, 2.05) is 0 Å². The van der Waals surface area contributed by atoms with Crippen LogP contribution in [0, 0.1) is 0 Å². The molecule has 0 atom stereocenters. The number of nitrogens with one attached hydrogen (secondary N) is 1. The average Bonchev–Trinajstić information content (AvgIpc) is 2.15. The van der Waals surface area contributed by atoms with E-state index in [0.29, 0.717) is 0 Å². The molecule has 0 radical (unpaired) electrons. The third-order valence-corrected chi connectivity index (χ3v) is 1.88. The third-order valence-electron chi connectivity index (χ3n) is 1.39. The molecule has 0 aromatic carbocycles. The Bertz CT molecular complexity index is 277. The Morgan fingerprint density at radius 3 is 2.62 bits per heavy atom. The summed E-state index contributed by atoms with van der Waals surface area (Å²) in [6.45, 7) is 0.127. The van der Waals surface area contributed by atoms with Gasteiger partial charge in [-0.25, -0.2) is 0 Å². The summed E-state index contributed by atoms with van der Waals surface area (Å²) in [5.74, 6) is -0.250. The van der Waals surface area contributed by atoms with Gasteiger partial charge in [0, 0.05) is 18.1 Å². The molecule has 1 aromatic heterocycles. The lowest BCUT2D eigenvalue weighted by Gasteiger charge is -2.04. The highest BCUT2D eigenvalue weighted by Gasteiger charge is 2.10. The lowest BCUT2D eigenvalue weighted by atomic mass is 10.3. The summed E-state index contributed by atoms with van der Waals surface area (Å²) in [4.78, 5) is 13.8. The summed E-state index contributed by atoms with van der Waals surface area (Å²) in [6.07, 6.45) is 3.26. The van der Waals surface area contributed by atoms with E-state index in [1.54, 1.807) is 24.5 Å². The molecule has 1 aromatic rings. The van der Waals surface area contributed by atoms with Crippen molar-refractivity contribution in [1.29, 1.82) is 0 Å². The first-order valence-corrected chi connectivity index (χ1v) is 4.52. The van der Waals surface area contributed by atoms with Gasteiger partial charge < -0.3 is 5.32 Å². The van der Waals surface area contributed by atoms with Crippen LogP contribution in [-0.4, -0.2) is 22.1 Å². The van der Waals surface area contributed by atoms with Gasteiger partial charge in [-0.1, -0.05) is 23.2 Å². The highest BCUT2D eigenvalue weighted by Crippen LogP contribution is 2.06. The van der Waals surface area contributed by atoms with Crippen LogP contribution in [0.15, 0.2) is 24.5 Å². The fraction of sp³-hybridized carbons (Fsp3) is 0.250. The van der Waals surface area contributed by atoms with Gasteiger partial charge in [-0.2, -0.15) is 0 Å². The molecule has 0 spiro atoms. The van der Waals surface area contributed by atoms with E-state index in [2.05, 4.69) is 10.3 Å². The number of halogens is 2. The van der Waals surface area contributed by atoms with Crippen molar-refractivity contribution in [2.45, 2.75) is 4.84 Å². The third kappa shape index (κ3) is 3.61. The summed E-state index contributed by atoms with van der Waals surface area (Å²) in [5.41, 5.74) is 0.817. The minimum Gasteiger partial charge on any atom is -0.378 e. The van der Waals surface area contributed by atoms with E-state index in [-0.39, 0.29) is 12.3 Å². The zero-order chi connectivity index (χ0) is 9.68. The number of rotatable bonds is 4. The molecule has 0 saturated heterocycles. The zero-order valence-electron chi connectivity index (χ0n) is 6.71. The molecule has 0 bridgehead atoms. The lowest BCUT2D eigenvalue weighted by Crippen LogP contribution is -2.19. The summed E-state index contributed by atoms with van der Waals surface area (Å²) in [6, 6.07) is 3.51. The first kappa shape index (κ1) is 10.3. The topological polar surface area (TPSA) is 42.0 Å². The maximum Gasteiger partial charge on any atom is 0.184 e. The molecular weight excluding hydrogens is 211 g/mol. The van der Waals surface area contributed by atoms with Crippen LogP contribution in [0.4, 0.5) is 5.69 Å². The quantitative estimate of drug-likeness (QED) is 0.786. The van der Waals surface area contributed by atoms with E-state index in [1.165, 1.54) is 0 Å². The van der Waals surface area contributed by atoms with Gasteiger partial charge in [0.25, 0.3) is 0 Å². The molecule has 70 valence electrons. The summed E-state index contributed by atoms with van der Waals surface area (Å²) < 4.78 is 0. The number of hydrogen-bond donors (Lipinski definition) is 1. The van der Waals surface area contributed by atoms with E-state index in [4.69, 9.17) is 23.2 Å². The Morgan fingerprint density at radius 2 is 2.08 bits per heavy atom. The number of anilines is 1. The van der Waals surface area contributed by atoms with Crippen molar-refractivity contribution < 1.29 is 4.79 Å². The second kappa shape index (κ2) is 5.04. The van der Waals surface area contributed by atoms with Crippen LogP contribution < -0.4 is 5.32 Å². The summed E-state index contributed by atoms with van der Waals surface area (Å²) in [7, 11) is 0. The van der Waals surface area contributed by atoms with Crippen molar-refractivity contribution in [2.75, 3.05) is 11.9 Å². The molecule has 3 nitrogen and oxygen atoms in total. The monoisotopic (exact) mass is 218 g/mol. The minimum atomic E-state index is -0.964. The summed E-state index contributed by atoms with van der Waals surface area (Å²) >= 11 is 10.7. The maximum absolute atomic E-state index is 11.0. The first-order chi connectivity index (χ1) is 6.20. The lowest BCUT2D eigenvalue weighted by molar-refractivity contribution is -0.115. The fourth-order valence-electron chi connectivity index (χ4n) is 0.736. The molecule has 0 amide bonds. The van der Waals surface area contributed by atoms with Gasteiger partial charge in [-0.05, 0) is 12.1 Å². The van der Waals surface area contributed by atoms with E-state index in [9.17, 15) is 4.79 Å². The fourth-order valence-corrected chi connectivity index (χ4v) is 0.890. The molecule has 0 aliphatic heterocycles. The van der Waals surface area contributed by atoms with Crippen LogP contribution in [0.25, 0.3) is 0 Å². The SMILES string of the molecule is O=C(CNc1ccncc1)C(Cl)Cl. The van der Waals surface area contributed by atoms with Crippen molar-refractivity contribution in [3.8, 4) is 0 Å². The smallest absolute Gasteiger partial charge is 0.184 e. The highest BCUT2D eigenvalue weighted by molar-refractivity contribution is 6.54. The zero-order valence-corrected chi connectivity index (χ0v) is 8.22. The second-order valence-corrected chi connectivity index (χ2v) is 3.45.